The van der Waals surface area contributed by atoms with Gasteiger partial charge in [0.25, 0.3) is 0 Å². The lowest BCUT2D eigenvalue weighted by atomic mass is 9.98. The Kier molecular flexibility index (Phi) is 4.75. The molecule has 1 aromatic heterocycles. The van der Waals surface area contributed by atoms with Gasteiger partial charge in [-0.2, -0.15) is 0 Å². The molecule has 0 unspecified atom stereocenters. The topological polar surface area (TPSA) is 34.2 Å². The van der Waals surface area contributed by atoms with Crippen LogP contribution in [0.3, 0.4) is 0 Å². The van der Waals surface area contributed by atoms with E-state index in [4.69, 9.17) is 9.72 Å². The molecule has 1 aliphatic heterocycles. The van der Waals surface area contributed by atoms with Gasteiger partial charge in [0.2, 0.25) is 0 Å². The van der Waals surface area contributed by atoms with Crippen LogP contribution in [0.1, 0.15) is 36.4 Å². The third kappa shape index (κ3) is 3.27. The first kappa shape index (κ1) is 12.0. The molecule has 0 radical (unpaired) electrons. The molecule has 0 spiro atoms. The molecule has 0 bridgehead atoms. The van der Waals surface area contributed by atoms with E-state index < -0.39 is 0 Å². The lowest BCUT2D eigenvalue weighted by Crippen LogP contribution is -2.16. The molecule has 1 fully saturated rings. The van der Waals surface area contributed by atoms with Gasteiger partial charge in [-0.15, -0.1) is 11.3 Å². The number of hydrogen-bond donors (Lipinski definition) is 1. The van der Waals surface area contributed by atoms with E-state index in [9.17, 15) is 0 Å². The summed E-state index contributed by atoms with van der Waals surface area (Å²) in [6.07, 6.45) is 3.33. The quantitative estimate of drug-likeness (QED) is 0.801. The van der Waals surface area contributed by atoms with Crippen LogP contribution in [0, 0.1) is 0 Å². The number of aromatic nitrogens is 1. The van der Waals surface area contributed by atoms with E-state index in [-0.39, 0.29) is 0 Å². The van der Waals surface area contributed by atoms with Crippen molar-refractivity contribution in [1.82, 2.24) is 10.3 Å². The molecule has 1 N–H and O–H groups in total. The van der Waals surface area contributed by atoms with E-state index in [1.54, 1.807) is 11.3 Å². The Morgan fingerprint density at radius 1 is 1.50 bits per heavy atom. The molecular weight excluding hydrogens is 220 g/mol. The molecule has 1 aromatic rings. The van der Waals surface area contributed by atoms with E-state index in [0.717, 1.165) is 45.6 Å². The van der Waals surface area contributed by atoms with Gasteiger partial charge in [0, 0.05) is 37.5 Å². The van der Waals surface area contributed by atoms with Crippen LogP contribution in [-0.2, 0) is 11.2 Å². The summed E-state index contributed by atoms with van der Waals surface area (Å²) >= 11 is 1.80. The summed E-state index contributed by atoms with van der Waals surface area (Å²) in [5, 5.41) is 6.83. The molecule has 3 nitrogen and oxygen atoms in total. The van der Waals surface area contributed by atoms with Gasteiger partial charge >= 0.3 is 0 Å². The Morgan fingerprint density at radius 3 is 3.06 bits per heavy atom. The molecule has 16 heavy (non-hydrogen) atoms. The van der Waals surface area contributed by atoms with Crippen LogP contribution in [0.25, 0.3) is 0 Å². The normalized spacial score (nSPS) is 17.8. The third-order valence-corrected chi connectivity index (χ3v) is 3.90. The number of nitrogens with zero attached hydrogens (tertiary/aromatic N) is 1. The zero-order chi connectivity index (χ0) is 11.2. The second-order valence-corrected chi connectivity index (χ2v) is 5.10. The monoisotopic (exact) mass is 240 g/mol. The highest BCUT2D eigenvalue weighted by Gasteiger charge is 2.18. The molecule has 90 valence electrons. The third-order valence-electron chi connectivity index (χ3n) is 2.97. The van der Waals surface area contributed by atoms with Crippen molar-refractivity contribution in [1.29, 1.82) is 0 Å². The molecule has 2 rings (SSSR count). The number of hydrogen-bond acceptors (Lipinski definition) is 4. The van der Waals surface area contributed by atoms with E-state index in [1.807, 2.05) is 0 Å². The van der Waals surface area contributed by atoms with Crippen molar-refractivity contribution in [3.63, 3.8) is 0 Å². The standard InChI is InChI=1S/C12H20N2OS/c1-2-13-6-3-12-14-11(9-16-12)10-4-7-15-8-5-10/h9-10,13H,2-8H2,1H3. The Morgan fingerprint density at radius 2 is 2.31 bits per heavy atom. The van der Waals surface area contributed by atoms with Gasteiger partial charge in [0.1, 0.15) is 0 Å². The number of likely N-dealkylation sites (N-methyl/N-ethyl adjacent to an activating group) is 1. The zero-order valence-electron chi connectivity index (χ0n) is 9.87. The number of thiazole rings is 1. The number of ether oxygens (including phenoxy) is 1. The maximum Gasteiger partial charge on any atom is 0.0941 e. The second-order valence-electron chi connectivity index (χ2n) is 4.16. The molecule has 1 aliphatic rings. The first-order valence-electron chi connectivity index (χ1n) is 6.13. The van der Waals surface area contributed by atoms with Gasteiger partial charge in [-0.25, -0.2) is 4.98 Å². The summed E-state index contributed by atoms with van der Waals surface area (Å²) in [6.45, 7) is 6.01. The Balaban J connectivity index is 1.85. The molecule has 0 aromatic carbocycles. The fraction of sp³-hybridized carbons (Fsp3) is 0.750. The maximum absolute atomic E-state index is 5.37. The molecule has 0 saturated carbocycles. The highest BCUT2D eigenvalue weighted by molar-refractivity contribution is 7.09. The average molecular weight is 240 g/mol. The minimum absolute atomic E-state index is 0.637. The zero-order valence-corrected chi connectivity index (χ0v) is 10.7. The van der Waals surface area contributed by atoms with Crippen LogP contribution in [0.15, 0.2) is 5.38 Å². The van der Waals surface area contributed by atoms with Crippen molar-refractivity contribution in [2.24, 2.45) is 0 Å². The SMILES string of the molecule is CCNCCc1nc(C2CCOCC2)cs1. The van der Waals surface area contributed by atoms with Crippen LogP contribution >= 0.6 is 11.3 Å². The molecule has 1 saturated heterocycles. The van der Waals surface area contributed by atoms with Crippen molar-refractivity contribution < 1.29 is 4.74 Å². The second kappa shape index (κ2) is 6.33. The van der Waals surface area contributed by atoms with Gasteiger partial charge < -0.3 is 10.1 Å². The summed E-state index contributed by atoms with van der Waals surface area (Å²) in [5.41, 5.74) is 1.29. The van der Waals surface area contributed by atoms with Crippen LogP contribution in [0.5, 0.6) is 0 Å². The van der Waals surface area contributed by atoms with Gasteiger partial charge in [-0.3, -0.25) is 0 Å². The summed E-state index contributed by atoms with van der Waals surface area (Å²) in [5.74, 6) is 0.637. The van der Waals surface area contributed by atoms with Crippen molar-refractivity contribution in [3.8, 4) is 0 Å². The first-order valence-corrected chi connectivity index (χ1v) is 7.01. The summed E-state index contributed by atoms with van der Waals surface area (Å²) in [6, 6.07) is 0. The molecule has 4 heteroatoms. The number of rotatable bonds is 5. The average Bonchev–Trinajstić information content (AvgIpc) is 2.79. The molecule has 0 atom stereocenters. The minimum Gasteiger partial charge on any atom is -0.381 e. The van der Waals surface area contributed by atoms with Gasteiger partial charge in [0.05, 0.1) is 10.7 Å². The smallest absolute Gasteiger partial charge is 0.0941 e. The Labute approximate surface area is 101 Å². The summed E-state index contributed by atoms with van der Waals surface area (Å²) in [4.78, 5) is 4.73. The fourth-order valence-corrected chi connectivity index (χ4v) is 2.87. The summed E-state index contributed by atoms with van der Waals surface area (Å²) in [7, 11) is 0. The number of nitrogens with one attached hydrogen (secondary N) is 1. The van der Waals surface area contributed by atoms with Crippen molar-refractivity contribution in [2.75, 3.05) is 26.3 Å². The highest BCUT2D eigenvalue weighted by Crippen LogP contribution is 2.27. The van der Waals surface area contributed by atoms with Gasteiger partial charge in [0.15, 0.2) is 0 Å². The lowest BCUT2D eigenvalue weighted by molar-refractivity contribution is 0.0846. The minimum atomic E-state index is 0.637. The highest BCUT2D eigenvalue weighted by atomic mass is 32.1. The van der Waals surface area contributed by atoms with Gasteiger partial charge in [-0.1, -0.05) is 6.92 Å². The molecular formula is C12H20N2OS. The Hall–Kier alpha value is -0.450. The molecule has 0 amide bonds. The fourth-order valence-electron chi connectivity index (χ4n) is 1.99. The van der Waals surface area contributed by atoms with Crippen LogP contribution in [0.4, 0.5) is 0 Å². The van der Waals surface area contributed by atoms with Crippen LogP contribution in [-0.4, -0.2) is 31.3 Å². The lowest BCUT2D eigenvalue weighted by Gasteiger charge is -2.19. The molecule has 0 aliphatic carbocycles. The molecule has 2 heterocycles. The van der Waals surface area contributed by atoms with Crippen LogP contribution < -0.4 is 5.32 Å². The Bertz CT molecular complexity index is 308. The van der Waals surface area contributed by atoms with E-state index in [1.165, 1.54) is 10.7 Å². The van der Waals surface area contributed by atoms with E-state index in [2.05, 4.69) is 17.6 Å². The predicted molar refractivity (Wildman–Crippen MR) is 67.2 cm³/mol. The van der Waals surface area contributed by atoms with Gasteiger partial charge in [-0.05, 0) is 19.4 Å². The first-order chi connectivity index (χ1) is 7.90. The predicted octanol–water partition coefficient (Wildman–Crippen LogP) is 2.19. The van der Waals surface area contributed by atoms with E-state index >= 15 is 0 Å². The van der Waals surface area contributed by atoms with E-state index in [0.29, 0.717) is 5.92 Å². The van der Waals surface area contributed by atoms with Crippen LogP contribution in [0.2, 0.25) is 0 Å². The van der Waals surface area contributed by atoms with Crippen molar-refractivity contribution >= 4 is 11.3 Å². The summed E-state index contributed by atoms with van der Waals surface area (Å²) < 4.78 is 5.37. The largest absolute Gasteiger partial charge is 0.381 e. The van der Waals surface area contributed by atoms with Crippen molar-refractivity contribution in [2.45, 2.75) is 32.1 Å². The van der Waals surface area contributed by atoms with Crippen molar-refractivity contribution in [3.05, 3.63) is 16.1 Å². The maximum atomic E-state index is 5.37.